The van der Waals surface area contributed by atoms with E-state index in [1.165, 1.54) is 6.08 Å². The monoisotopic (exact) mass is 197 g/mol. The van der Waals surface area contributed by atoms with Crippen LogP contribution in [0.15, 0.2) is 12.7 Å². The molecule has 0 heterocycles. The van der Waals surface area contributed by atoms with Crippen molar-refractivity contribution in [3.63, 3.8) is 0 Å². The zero-order chi connectivity index (χ0) is 10.8. The molecule has 0 unspecified atom stereocenters. The molecule has 0 saturated carbocycles. The maximum Gasteiger partial charge on any atom is 0.320 e. The molecule has 0 aliphatic carbocycles. The van der Waals surface area contributed by atoms with E-state index in [-0.39, 0.29) is 26.1 Å². The SMILES string of the molecule is C=CCOC(=O)CCOC(=O)CC#N. The van der Waals surface area contributed by atoms with Crippen LogP contribution < -0.4 is 0 Å². The van der Waals surface area contributed by atoms with E-state index in [9.17, 15) is 9.59 Å². The minimum Gasteiger partial charge on any atom is -0.464 e. The highest BCUT2D eigenvalue weighted by Gasteiger charge is 2.05. The number of rotatable bonds is 6. The molecule has 5 heteroatoms. The molecule has 14 heavy (non-hydrogen) atoms. The summed E-state index contributed by atoms with van der Waals surface area (Å²) in [5, 5.41) is 8.11. The first kappa shape index (κ1) is 12.2. The van der Waals surface area contributed by atoms with E-state index in [0.717, 1.165) is 0 Å². The fourth-order valence-electron chi connectivity index (χ4n) is 0.588. The molecule has 0 fully saturated rings. The van der Waals surface area contributed by atoms with E-state index in [4.69, 9.17) is 5.26 Å². The third kappa shape index (κ3) is 6.85. The van der Waals surface area contributed by atoms with Crippen LogP contribution in [-0.4, -0.2) is 25.2 Å². The van der Waals surface area contributed by atoms with Crippen LogP contribution in [0.3, 0.4) is 0 Å². The van der Waals surface area contributed by atoms with Crippen LogP contribution in [0, 0.1) is 11.3 Å². The molecule has 0 aromatic carbocycles. The Morgan fingerprint density at radius 3 is 2.64 bits per heavy atom. The van der Waals surface area contributed by atoms with E-state index in [1.807, 2.05) is 0 Å². The molecule has 0 aliphatic heterocycles. The quantitative estimate of drug-likeness (QED) is 0.459. The van der Waals surface area contributed by atoms with E-state index < -0.39 is 11.9 Å². The van der Waals surface area contributed by atoms with Crippen LogP contribution >= 0.6 is 0 Å². The van der Waals surface area contributed by atoms with Crippen LogP contribution in [0.2, 0.25) is 0 Å². The predicted octanol–water partition coefficient (Wildman–Crippen LogP) is 0.563. The van der Waals surface area contributed by atoms with Gasteiger partial charge in [0.1, 0.15) is 19.6 Å². The van der Waals surface area contributed by atoms with Gasteiger partial charge in [0.15, 0.2) is 0 Å². The highest BCUT2D eigenvalue weighted by atomic mass is 16.5. The Hall–Kier alpha value is -1.83. The Kier molecular flexibility index (Phi) is 6.78. The third-order valence-electron chi connectivity index (χ3n) is 1.15. The lowest BCUT2D eigenvalue weighted by molar-refractivity contribution is -0.148. The van der Waals surface area contributed by atoms with Gasteiger partial charge in [-0.3, -0.25) is 9.59 Å². The summed E-state index contributed by atoms with van der Waals surface area (Å²) in [5.41, 5.74) is 0. The highest BCUT2D eigenvalue weighted by Crippen LogP contribution is 1.91. The molecule has 0 N–H and O–H groups in total. The molecular formula is C9H11NO4. The molecule has 0 spiro atoms. The lowest BCUT2D eigenvalue weighted by Gasteiger charge is -2.02. The smallest absolute Gasteiger partial charge is 0.320 e. The van der Waals surface area contributed by atoms with Crippen LogP contribution in [0.5, 0.6) is 0 Å². The lowest BCUT2D eigenvalue weighted by atomic mass is 10.4. The van der Waals surface area contributed by atoms with Gasteiger partial charge in [0, 0.05) is 0 Å². The number of nitrogens with zero attached hydrogens (tertiary/aromatic N) is 1. The van der Waals surface area contributed by atoms with Crippen molar-refractivity contribution in [2.75, 3.05) is 13.2 Å². The zero-order valence-corrected chi connectivity index (χ0v) is 7.69. The molecule has 0 saturated heterocycles. The second kappa shape index (κ2) is 7.80. The molecule has 76 valence electrons. The fraction of sp³-hybridized carbons (Fsp3) is 0.444. The van der Waals surface area contributed by atoms with Crippen molar-refractivity contribution in [3.05, 3.63) is 12.7 Å². The Balaban J connectivity index is 3.44. The van der Waals surface area contributed by atoms with Crippen LogP contribution in [0.4, 0.5) is 0 Å². The van der Waals surface area contributed by atoms with Gasteiger partial charge in [-0.1, -0.05) is 12.7 Å². The summed E-state index contributed by atoms with van der Waals surface area (Å²) < 4.78 is 9.16. The Labute approximate surface area is 81.9 Å². The minimum absolute atomic E-state index is 0.00892. The number of carbonyl (C=O) groups is 2. The van der Waals surface area contributed by atoms with E-state index in [2.05, 4.69) is 16.1 Å². The first-order valence-corrected chi connectivity index (χ1v) is 3.99. The summed E-state index contributed by atoms with van der Waals surface area (Å²) in [7, 11) is 0. The van der Waals surface area contributed by atoms with Crippen molar-refractivity contribution in [1.82, 2.24) is 0 Å². The van der Waals surface area contributed by atoms with Gasteiger partial charge in [-0.15, -0.1) is 0 Å². The van der Waals surface area contributed by atoms with Gasteiger partial charge >= 0.3 is 11.9 Å². The van der Waals surface area contributed by atoms with Crippen molar-refractivity contribution in [1.29, 1.82) is 5.26 Å². The molecule has 0 aromatic heterocycles. The van der Waals surface area contributed by atoms with Crippen molar-refractivity contribution in [3.8, 4) is 6.07 Å². The summed E-state index contributed by atoms with van der Waals surface area (Å²) in [6.07, 6.45) is 1.13. The number of hydrogen-bond acceptors (Lipinski definition) is 5. The number of ether oxygens (including phenoxy) is 2. The second-order valence-electron chi connectivity index (χ2n) is 2.28. The highest BCUT2D eigenvalue weighted by molar-refractivity contribution is 5.73. The van der Waals surface area contributed by atoms with Crippen LogP contribution in [-0.2, 0) is 19.1 Å². The Bertz CT molecular complexity index is 254. The average Bonchev–Trinajstić information content (AvgIpc) is 2.15. The first-order valence-electron chi connectivity index (χ1n) is 3.99. The Morgan fingerprint density at radius 1 is 1.36 bits per heavy atom. The summed E-state index contributed by atoms with van der Waals surface area (Å²) in [5.74, 6) is -1.10. The maximum atomic E-state index is 10.8. The molecule has 0 rings (SSSR count). The second-order valence-corrected chi connectivity index (χ2v) is 2.28. The number of esters is 2. The van der Waals surface area contributed by atoms with Crippen molar-refractivity contribution in [2.24, 2.45) is 0 Å². The predicted molar refractivity (Wildman–Crippen MR) is 47.0 cm³/mol. The summed E-state index contributed by atoms with van der Waals surface area (Å²) >= 11 is 0. The third-order valence-corrected chi connectivity index (χ3v) is 1.15. The van der Waals surface area contributed by atoms with Gasteiger partial charge in [0.05, 0.1) is 12.5 Å². The first-order chi connectivity index (χ1) is 6.70. The van der Waals surface area contributed by atoms with Crippen molar-refractivity contribution in [2.45, 2.75) is 12.8 Å². The summed E-state index contributed by atoms with van der Waals surface area (Å²) in [6.45, 7) is 3.45. The molecule has 0 amide bonds. The number of nitriles is 1. The van der Waals surface area contributed by atoms with Crippen molar-refractivity contribution >= 4 is 11.9 Å². The molecule has 0 aliphatic rings. The molecule has 5 nitrogen and oxygen atoms in total. The molecule has 0 radical (unpaired) electrons. The van der Waals surface area contributed by atoms with Gasteiger partial charge in [0.2, 0.25) is 0 Å². The summed E-state index contributed by atoms with van der Waals surface area (Å²) in [6, 6.07) is 1.64. The standard InChI is InChI=1S/C9H11NO4/c1-2-6-13-9(12)4-7-14-8(11)3-5-10/h2H,1,3-4,6-7H2. The average molecular weight is 197 g/mol. The molecule has 0 bridgehead atoms. The number of hydrogen-bond donors (Lipinski definition) is 0. The van der Waals surface area contributed by atoms with E-state index in [0.29, 0.717) is 0 Å². The number of carbonyl (C=O) groups excluding carboxylic acids is 2. The zero-order valence-electron chi connectivity index (χ0n) is 7.69. The normalized spacial score (nSPS) is 8.50. The fourth-order valence-corrected chi connectivity index (χ4v) is 0.588. The van der Waals surface area contributed by atoms with E-state index >= 15 is 0 Å². The van der Waals surface area contributed by atoms with E-state index in [1.54, 1.807) is 6.07 Å². The topological polar surface area (TPSA) is 76.4 Å². The summed E-state index contributed by atoms with van der Waals surface area (Å²) in [4.78, 5) is 21.4. The maximum absolute atomic E-state index is 10.8. The van der Waals surface area contributed by atoms with Gasteiger partial charge < -0.3 is 9.47 Å². The molecule has 0 aromatic rings. The lowest BCUT2D eigenvalue weighted by Crippen LogP contribution is -2.11. The van der Waals surface area contributed by atoms with Gasteiger partial charge in [0.25, 0.3) is 0 Å². The molecule has 0 atom stereocenters. The molecular weight excluding hydrogens is 186 g/mol. The van der Waals surface area contributed by atoms with Gasteiger partial charge in [-0.05, 0) is 0 Å². The van der Waals surface area contributed by atoms with Crippen LogP contribution in [0.1, 0.15) is 12.8 Å². The van der Waals surface area contributed by atoms with Crippen LogP contribution in [0.25, 0.3) is 0 Å². The largest absolute Gasteiger partial charge is 0.464 e. The minimum atomic E-state index is -0.635. The van der Waals surface area contributed by atoms with Gasteiger partial charge in [-0.25, -0.2) is 0 Å². The van der Waals surface area contributed by atoms with Crippen molar-refractivity contribution < 1.29 is 19.1 Å². The Morgan fingerprint density at radius 2 is 2.07 bits per heavy atom. The van der Waals surface area contributed by atoms with Gasteiger partial charge in [-0.2, -0.15) is 5.26 Å².